The van der Waals surface area contributed by atoms with E-state index >= 15 is 0 Å². The molecule has 0 saturated carbocycles. The van der Waals surface area contributed by atoms with E-state index in [0.29, 0.717) is 0 Å². The third-order valence-corrected chi connectivity index (χ3v) is 1.62. The number of anilines is 1. The van der Waals surface area contributed by atoms with E-state index < -0.39 is 12.2 Å². The fourth-order valence-corrected chi connectivity index (χ4v) is 0.743. The van der Waals surface area contributed by atoms with Crippen LogP contribution >= 0.6 is 0 Å². The highest BCUT2D eigenvalue weighted by Crippen LogP contribution is 2.21. The summed E-state index contributed by atoms with van der Waals surface area (Å²) in [6, 6.07) is -1.65. The standard InChI is InChI=1S/C8H10F3N3/c1-5-3-12-7(13-4-5)14-6(2)8(9,10)11/h3-4,6H,1-2H3,(H,12,13,14)/t6-/m0/s1. The largest absolute Gasteiger partial charge is 0.408 e. The zero-order valence-corrected chi connectivity index (χ0v) is 7.76. The summed E-state index contributed by atoms with van der Waals surface area (Å²) >= 11 is 0. The van der Waals surface area contributed by atoms with Crippen LogP contribution in [0.2, 0.25) is 0 Å². The Morgan fingerprint density at radius 1 is 1.29 bits per heavy atom. The summed E-state index contributed by atoms with van der Waals surface area (Å²) in [6.07, 6.45) is -1.37. The minimum atomic E-state index is -4.28. The lowest BCUT2D eigenvalue weighted by atomic mass is 10.3. The monoisotopic (exact) mass is 205 g/mol. The molecule has 1 heterocycles. The Kier molecular flexibility index (Phi) is 2.93. The van der Waals surface area contributed by atoms with Gasteiger partial charge in [-0.15, -0.1) is 0 Å². The van der Waals surface area contributed by atoms with E-state index in [9.17, 15) is 13.2 Å². The van der Waals surface area contributed by atoms with Gasteiger partial charge in [0, 0.05) is 12.4 Å². The first-order valence-corrected chi connectivity index (χ1v) is 4.01. The van der Waals surface area contributed by atoms with E-state index in [2.05, 4.69) is 15.3 Å². The summed E-state index contributed by atoms with van der Waals surface area (Å²) in [4.78, 5) is 7.42. The molecular formula is C8H10F3N3. The summed E-state index contributed by atoms with van der Waals surface area (Å²) in [5, 5.41) is 2.16. The predicted molar refractivity (Wildman–Crippen MR) is 45.9 cm³/mol. The molecule has 0 aromatic carbocycles. The van der Waals surface area contributed by atoms with Crippen molar-refractivity contribution in [1.29, 1.82) is 0 Å². The zero-order chi connectivity index (χ0) is 10.8. The van der Waals surface area contributed by atoms with Gasteiger partial charge in [-0.2, -0.15) is 13.2 Å². The molecule has 14 heavy (non-hydrogen) atoms. The molecule has 1 atom stereocenters. The summed E-state index contributed by atoms with van der Waals surface area (Å²) in [5.74, 6) is -0.0135. The van der Waals surface area contributed by atoms with Crippen LogP contribution in [0.4, 0.5) is 19.1 Å². The first-order valence-electron chi connectivity index (χ1n) is 4.01. The Balaban J connectivity index is 2.65. The highest BCUT2D eigenvalue weighted by molar-refractivity contribution is 5.26. The molecule has 0 fully saturated rings. The van der Waals surface area contributed by atoms with E-state index in [0.717, 1.165) is 12.5 Å². The van der Waals surface area contributed by atoms with Crippen molar-refractivity contribution in [2.75, 3.05) is 5.32 Å². The molecule has 1 rings (SSSR count). The molecule has 0 unspecified atom stereocenters. The lowest BCUT2D eigenvalue weighted by Gasteiger charge is -2.16. The van der Waals surface area contributed by atoms with Crippen molar-refractivity contribution in [3.05, 3.63) is 18.0 Å². The smallest absolute Gasteiger partial charge is 0.343 e. The highest BCUT2D eigenvalue weighted by Gasteiger charge is 2.36. The highest BCUT2D eigenvalue weighted by atomic mass is 19.4. The summed E-state index contributed by atoms with van der Waals surface area (Å²) in [7, 11) is 0. The molecule has 1 aromatic heterocycles. The van der Waals surface area contributed by atoms with E-state index in [1.54, 1.807) is 6.92 Å². The Morgan fingerprint density at radius 2 is 1.79 bits per heavy atom. The van der Waals surface area contributed by atoms with E-state index in [1.165, 1.54) is 12.4 Å². The number of aryl methyl sites for hydroxylation is 1. The van der Waals surface area contributed by atoms with Crippen molar-refractivity contribution in [2.45, 2.75) is 26.1 Å². The van der Waals surface area contributed by atoms with E-state index in [-0.39, 0.29) is 5.95 Å². The van der Waals surface area contributed by atoms with Gasteiger partial charge in [-0.25, -0.2) is 9.97 Å². The maximum absolute atomic E-state index is 12.1. The van der Waals surface area contributed by atoms with Crippen molar-refractivity contribution in [2.24, 2.45) is 0 Å². The van der Waals surface area contributed by atoms with Gasteiger partial charge in [-0.3, -0.25) is 0 Å². The van der Waals surface area contributed by atoms with Crippen LogP contribution in [0.5, 0.6) is 0 Å². The molecule has 6 heteroatoms. The third-order valence-electron chi connectivity index (χ3n) is 1.62. The first kappa shape index (κ1) is 10.7. The van der Waals surface area contributed by atoms with Crippen molar-refractivity contribution in [1.82, 2.24) is 9.97 Å². The molecule has 0 aliphatic rings. The average molecular weight is 205 g/mol. The first-order chi connectivity index (χ1) is 6.39. The van der Waals surface area contributed by atoms with Gasteiger partial charge < -0.3 is 5.32 Å². The Bertz CT molecular complexity index is 294. The second-order valence-corrected chi connectivity index (χ2v) is 2.99. The molecule has 1 aromatic rings. The van der Waals surface area contributed by atoms with Crippen molar-refractivity contribution in [3.8, 4) is 0 Å². The summed E-state index contributed by atoms with van der Waals surface area (Å²) < 4.78 is 36.3. The minimum Gasteiger partial charge on any atom is -0.343 e. The number of hydrogen-bond donors (Lipinski definition) is 1. The van der Waals surface area contributed by atoms with Crippen LogP contribution in [0.3, 0.4) is 0 Å². The maximum atomic E-state index is 12.1. The third kappa shape index (κ3) is 2.86. The van der Waals surface area contributed by atoms with Gasteiger partial charge in [0.25, 0.3) is 0 Å². The molecule has 0 aliphatic carbocycles. The Hall–Kier alpha value is -1.33. The number of hydrogen-bond acceptors (Lipinski definition) is 3. The van der Waals surface area contributed by atoms with Crippen LogP contribution in [0.1, 0.15) is 12.5 Å². The van der Waals surface area contributed by atoms with Gasteiger partial charge in [-0.05, 0) is 19.4 Å². The van der Waals surface area contributed by atoms with Gasteiger partial charge >= 0.3 is 6.18 Å². The Morgan fingerprint density at radius 3 is 2.21 bits per heavy atom. The van der Waals surface area contributed by atoms with Crippen LogP contribution in [-0.4, -0.2) is 22.2 Å². The van der Waals surface area contributed by atoms with Gasteiger partial charge in [0.1, 0.15) is 6.04 Å². The van der Waals surface area contributed by atoms with Crippen LogP contribution in [0, 0.1) is 6.92 Å². The summed E-state index contributed by atoms with van der Waals surface area (Å²) in [6.45, 7) is 2.78. The Labute approximate surface area is 79.4 Å². The topological polar surface area (TPSA) is 37.8 Å². The van der Waals surface area contributed by atoms with Crippen molar-refractivity contribution < 1.29 is 13.2 Å². The fraction of sp³-hybridized carbons (Fsp3) is 0.500. The average Bonchev–Trinajstić information content (AvgIpc) is 2.07. The molecule has 0 amide bonds. The number of nitrogens with zero attached hydrogens (tertiary/aromatic N) is 2. The van der Waals surface area contributed by atoms with Crippen molar-refractivity contribution >= 4 is 5.95 Å². The molecule has 0 spiro atoms. The quantitative estimate of drug-likeness (QED) is 0.803. The number of halogens is 3. The lowest BCUT2D eigenvalue weighted by molar-refractivity contribution is -0.138. The van der Waals surface area contributed by atoms with Gasteiger partial charge in [-0.1, -0.05) is 0 Å². The number of alkyl halides is 3. The second kappa shape index (κ2) is 3.81. The molecule has 0 bridgehead atoms. The lowest BCUT2D eigenvalue weighted by Crippen LogP contribution is -2.33. The second-order valence-electron chi connectivity index (χ2n) is 2.99. The van der Waals surface area contributed by atoms with Gasteiger partial charge in [0.05, 0.1) is 0 Å². The predicted octanol–water partition coefficient (Wildman–Crippen LogP) is 2.15. The van der Waals surface area contributed by atoms with Crippen LogP contribution in [0.15, 0.2) is 12.4 Å². The zero-order valence-electron chi connectivity index (χ0n) is 7.76. The maximum Gasteiger partial charge on any atom is 0.408 e. The SMILES string of the molecule is Cc1cnc(N[C@@H](C)C(F)(F)F)nc1. The molecule has 0 saturated heterocycles. The van der Waals surface area contributed by atoms with E-state index in [4.69, 9.17) is 0 Å². The number of rotatable bonds is 2. The number of aromatic nitrogens is 2. The summed E-state index contributed by atoms with van der Waals surface area (Å²) in [5.41, 5.74) is 0.801. The molecule has 3 nitrogen and oxygen atoms in total. The van der Waals surface area contributed by atoms with Crippen LogP contribution in [-0.2, 0) is 0 Å². The van der Waals surface area contributed by atoms with Gasteiger partial charge in [0.15, 0.2) is 0 Å². The van der Waals surface area contributed by atoms with Gasteiger partial charge in [0.2, 0.25) is 5.95 Å². The molecule has 1 N–H and O–H groups in total. The molecule has 78 valence electrons. The van der Waals surface area contributed by atoms with Crippen LogP contribution < -0.4 is 5.32 Å². The molecule has 0 aliphatic heterocycles. The number of nitrogens with one attached hydrogen (secondary N) is 1. The normalized spacial score (nSPS) is 13.8. The minimum absolute atomic E-state index is 0.0135. The molecular weight excluding hydrogens is 195 g/mol. The fourth-order valence-electron chi connectivity index (χ4n) is 0.743. The van der Waals surface area contributed by atoms with Crippen LogP contribution in [0.25, 0.3) is 0 Å². The van der Waals surface area contributed by atoms with E-state index in [1.807, 2.05) is 0 Å². The molecule has 0 radical (unpaired) electrons. The van der Waals surface area contributed by atoms with Crippen molar-refractivity contribution in [3.63, 3.8) is 0 Å².